The number of unbranched alkanes of at least 4 members (excludes halogenated alkanes) is 4. The largest absolute Gasteiger partial charge is 0.491 e. The quantitative estimate of drug-likeness (QED) is 0.613. The molecule has 1 rings (SSSR count). The van der Waals surface area contributed by atoms with Crippen LogP contribution in [-0.4, -0.2) is 6.61 Å². The number of halogens is 1. The SMILES string of the molecule is CCCCCCCOc1ccccc1F. The smallest absolute Gasteiger partial charge is 0.165 e. The lowest BCUT2D eigenvalue weighted by Crippen LogP contribution is -1.98. The zero-order valence-electron chi connectivity index (χ0n) is 9.34. The Bertz CT molecular complexity index is 273. The molecule has 2 heteroatoms. The Balaban J connectivity index is 2.12. The van der Waals surface area contributed by atoms with Crippen LogP contribution >= 0.6 is 0 Å². The van der Waals surface area contributed by atoms with E-state index in [1.807, 2.05) is 0 Å². The molecule has 0 aromatic heterocycles. The van der Waals surface area contributed by atoms with Crippen molar-refractivity contribution in [2.75, 3.05) is 6.61 Å². The molecule has 0 atom stereocenters. The van der Waals surface area contributed by atoms with E-state index < -0.39 is 0 Å². The molecule has 0 saturated carbocycles. The van der Waals surface area contributed by atoms with Crippen molar-refractivity contribution in [3.63, 3.8) is 0 Å². The number of rotatable bonds is 7. The summed E-state index contributed by atoms with van der Waals surface area (Å²) >= 11 is 0. The third-order valence-electron chi connectivity index (χ3n) is 2.34. The second-order valence-electron chi connectivity index (χ2n) is 3.69. The zero-order chi connectivity index (χ0) is 10.9. The van der Waals surface area contributed by atoms with Gasteiger partial charge in [-0.1, -0.05) is 44.7 Å². The van der Waals surface area contributed by atoms with Crippen LogP contribution in [0.3, 0.4) is 0 Å². The van der Waals surface area contributed by atoms with Crippen molar-refractivity contribution >= 4 is 0 Å². The standard InChI is InChI=1S/C13H19FO/c1-2-3-4-5-8-11-15-13-10-7-6-9-12(13)14/h6-7,9-10H,2-5,8,11H2,1H3. The van der Waals surface area contributed by atoms with Crippen LogP contribution in [0.25, 0.3) is 0 Å². The Hall–Kier alpha value is -1.05. The molecular formula is C13H19FO. The maximum atomic E-state index is 13.1. The molecule has 0 N–H and O–H groups in total. The van der Waals surface area contributed by atoms with E-state index in [4.69, 9.17) is 4.74 Å². The number of para-hydroxylation sites is 1. The molecule has 1 nitrogen and oxygen atoms in total. The highest BCUT2D eigenvalue weighted by atomic mass is 19.1. The highest BCUT2D eigenvalue weighted by Gasteiger charge is 1.99. The second-order valence-corrected chi connectivity index (χ2v) is 3.69. The van der Waals surface area contributed by atoms with Crippen LogP contribution in [0.15, 0.2) is 24.3 Å². The highest BCUT2D eigenvalue weighted by molar-refractivity contribution is 5.23. The monoisotopic (exact) mass is 210 g/mol. The molecule has 0 radical (unpaired) electrons. The van der Waals surface area contributed by atoms with Gasteiger partial charge in [0, 0.05) is 0 Å². The van der Waals surface area contributed by atoms with Gasteiger partial charge >= 0.3 is 0 Å². The lowest BCUT2D eigenvalue weighted by atomic mass is 10.2. The van der Waals surface area contributed by atoms with Crippen LogP contribution < -0.4 is 4.74 Å². The van der Waals surface area contributed by atoms with Crippen molar-refractivity contribution in [1.29, 1.82) is 0 Å². The minimum atomic E-state index is -0.272. The highest BCUT2D eigenvalue weighted by Crippen LogP contribution is 2.15. The molecule has 0 aliphatic heterocycles. The molecular weight excluding hydrogens is 191 g/mol. The van der Waals surface area contributed by atoms with Crippen LogP contribution in [0, 0.1) is 5.82 Å². The van der Waals surface area contributed by atoms with Gasteiger partial charge in [-0.3, -0.25) is 0 Å². The van der Waals surface area contributed by atoms with Gasteiger partial charge in [-0.15, -0.1) is 0 Å². The van der Waals surface area contributed by atoms with Crippen molar-refractivity contribution in [1.82, 2.24) is 0 Å². The summed E-state index contributed by atoms with van der Waals surface area (Å²) in [6, 6.07) is 6.55. The molecule has 1 aromatic carbocycles. The fourth-order valence-corrected chi connectivity index (χ4v) is 1.45. The molecule has 15 heavy (non-hydrogen) atoms. The molecule has 0 aliphatic rings. The summed E-state index contributed by atoms with van der Waals surface area (Å²) in [5, 5.41) is 0. The maximum absolute atomic E-state index is 13.1. The first kappa shape index (κ1) is 12.0. The summed E-state index contributed by atoms with van der Waals surface area (Å²) in [5.41, 5.74) is 0. The van der Waals surface area contributed by atoms with E-state index in [-0.39, 0.29) is 5.82 Å². The average molecular weight is 210 g/mol. The van der Waals surface area contributed by atoms with Crippen LogP contribution in [0.2, 0.25) is 0 Å². The summed E-state index contributed by atoms with van der Waals surface area (Å²) < 4.78 is 18.4. The fraction of sp³-hybridized carbons (Fsp3) is 0.538. The first-order chi connectivity index (χ1) is 7.34. The summed E-state index contributed by atoms with van der Waals surface area (Å²) in [6.07, 6.45) is 5.95. The molecule has 0 spiro atoms. The van der Waals surface area contributed by atoms with Gasteiger partial charge in [-0.05, 0) is 18.6 Å². The van der Waals surface area contributed by atoms with Crippen molar-refractivity contribution in [3.05, 3.63) is 30.1 Å². The zero-order valence-corrected chi connectivity index (χ0v) is 9.34. The predicted octanol–water partition coefficient (Wildman–Crippen LogP) is 4.17. The molecule has 1 aromatic rings. The second kappa shape index (κ2) is 7.27. The van der Waals surface area contributed by atoms with Crippen LogP contribution in [-0.2, 0) is 0 Å². The van der Waals surface area contributed by atoms with Crippen molar-refractivity contribution in [2.45, 2.75) is 39.0 Å². The fourth-order valence-electron chi connectivity index (χ4n) is 1.45. The maximum Gasteiger partial charge on any atom is 0.165 e. The molecule has 0 saturated heterocycles. The molecule has 0 aliphatic carbocycles. The number of ether oxygens (including phenoxy) is 1. The minimum absolute atomic E-state index is 0.272. The van der Waals surface area contributed by atoms with Crippen LogP contribution in [0.1, 0.15) is 39.0 Å². The van der Waals surface area contributed by atoms with Crippen LogP contribution in [0.4, 0.5) is 4.39 Å². The number of hydrogen-bond acceptors (Lipinski definition) is 1. The summed E-state index contributed by atoms with van der Waals surface area (Å²) in [5.74, 6) is 0.0963. The Morgan fingerprint density at radius 3 is 2.53 bits per heavy atom. The van der Waals surface area contributed by atoms with Crippen molar-refractivity contribution in [2.24, 2.45) is 0 Å². The van der Waals surface area contributed by atoms with Gasteiger partial charge < -0.3 is 4.74 Å². The Morgan fingerprint density at radius 2 is 1.80 bits per heavy atom. The van der Waals surface area contributed by atoms with Crippen molar-refractivity contribution in [3.8, 4) is 5.75 Å². The summed E-state index contributed by atoms with van der Waals surface area (Å²) in [4.78, 5) is 0. The van der Waals surface area contributed by atoms with Gasteiger partial charge in [0.15, 0.2) is 11.6 Å². The Morgan fingerprint density at radius 1 is 1.07 bits per heavy atom. The molecule has 0 unspecified atom stereocenters. The van der Waals surface area contributed by atoms with E-state index >= 15 is 0 Å². The lowest BCUT2D eigenvalue weighted by molar-refractivity contribution is 0.290. The van der Waals surface area contributed by atoms with Gasteiger partial charge in [-0.25, -0.2) is 4.39 Å². The molecule has 0 fully saturated rings. The third-order valence-corrected chi connectivity index (χ3v) is 2.34. The minimum Gasteiger partial charge on any atom is -0.491 e. The number of benzene rings is 1. The van der Waals surface area contributed by atoms with Gasteiger partial charge in [0.2, 0.25) is 0 Å². The van der Waals surface area contributed by atoms with E-state index in [0.29, 0.717) is 12.4 Å². The van der Waals surface area contributed by atoms with Crippen LogP contribution in [0.5, 0.6) is 5.75 Å². The summed E-state index contributed by atoms with van der Waals surface area (Å²) in [6.45, 7) is 2.81. The van der Waals surface area contributed by atoms with Crippen molar-refractivity contribution < 1.29 is 9.13 Å². The molecule has 84 valence electrons. The third kappa shape index (κ3) is 4.82. The van der Waals surface area contributed by atoms with E-state index in [1.165, 1.54) is 31.7 Å². The van der Waals surface area contributed by atoms with E-state index in [9.17, 15) is 4.39 Å². The van der Waals surface area contributed by atoms with E-state index in [1.54, 1.807) is 18.2 Å². The molecule has 0 heterocycles. The molecule has 0 bridgehead atoms. The molecule has 0 amide bonds. The van der Waals surface area contributed by atoms with E-state index in [2.05, 4.69) is 6.92 Å². The number of hydrogen-bond donors (Lipinski definition) is 0. The van der Waals surface area contributed by atoms with Gasteiger partial charge in [0.25, 0.3) is 0 Å². The topological polar surface area (TPSA) is 9.23 Å². The van der Waals surface area contributed by atoms with E-state index in [0.717, 1.165) is 6.42 Å². The first-order valence-electron chi connectivity index (χ1n) is 5.72. The van der Waals surface area contributed by atoms with Gasteiger partial charge in [0.05, 0.1) is 6.61 Å². The normalized spacial score (nSPS) is 10.3. The lowest BCUT2D eigenvalue weighted by Gasteiger charge is -2.06. The first-order valence-corrected chi connectivity index (χ1v) is 5.72. The average Bonchev–Trinajstić information content (AvgIpc) is 2.25. The summed E-state index contributed by atoms with van der Waals surface area (Å²) in [7, 11) is 0. The Labute approximate surface area is 91.3 Å². The van der Waals surface area contributed by atoms with Gasteiger partial charge in [0.1, 0.15) is 0 Å². The van der Waals surface area contributed by atoms with Gasteiger partial charge in [-0.2, -0.15) is 0 Å². The Kier molecular flexibility index (Phi) is 5.83. The predicted molar refractivity (Wildman–Crippen MR) is 60.7 cm³/mol.